The topological polar surface area (TPSA) is 277 Å². The smallest absolute Gasteiger partial charge is 0.867 e. The molecule has 0 bridgehead atoms. The molecule has 0 saturated carbocycles. The average Bonchev–Trinajstić information content (AvgIpc) is 2.08. The normalized spacial score (nSPS) is 4.50. The van der Waals surface area contributed by atoms with Crippen molar-refractivity contribution in [3.05, 3.63) is 0 Å². The van der Waals surface area contributed by atoms with Crippen LogP contribution in [0.15, 0.2) is 0 Å². The molecule has 0 aliphatic heterocycles. The Morgan fingerprint density at radius 2 is 0.194 bits per heavy atom. The Bertz CT molecular complexity index is 144. The quantitative estimate of drug-likeness (QED) is 0.163. The molecule has 12 nitrogen and oxygen atoms in total. The van der Waals surface area contributed by atoms with Crippen molar-refractivity contribution in [2.24, 2.45) is 0 Å². The number of hydrogen-bond acceptors (Lipinski definition) is 12. The summed E-state index contributed by atoms with van der Waals surface area (Å²) in [6.07, 6.45) is 0. The van der Waals surface area contributed by atoms with Crippen LogP contribution in [0.4, 0.5) is 25.9 Å². The summed E-state index contributed by atoms with van der Waals surface area (Å²) in [5.74, 6) is 0. The third-order valence-electron chi connectivity index (χ3n) is 0. The van der Waals surface area contributed by atoms with Gasteiger partial charge in [-0.3, -0.25) is 0 Å². The summed E-state index contributed by atoms with van der Waals surface area (Å²) in [7, 11) is -19.0. The van der Waals surface area contributed by atoms with E-state index in [4.69, 9.17) is 60.3 Å². The first-order chi connectivity index (χ1) is 10.4. The second kappa shape index (κ2) is 111. The zero-order valence-corrected chi connectivity index (χ0v) is 60.1. The summed E-state index contributed by atoms with van der Waals surface area (Å²) in [5.41, 5.74) is 0. The molecule has 0 aliphatic rings. The molecule has 0 rings (SSSR count). The third-order valence-corrected chi connectivity index (χ3v) is 0. The van der Waals surface area contributed by atoms with E-state index >= 15 is 0 Å². The molecule has 0 fully saturated rings. The van der Waals surface area contributed by atoms with Crippen LogP contribution in [-0.4, -0.2) is 44.4 Å². The van der Waals surface area contributed by atoms with Crippen molar-refractivity contribution in [3.63, 3.8) is 0 Å². The Hall–Kier alpha value is 19.1. The fourth-order valence-corrected chi connectivity index (χ4v) is 0. The van der Waals surface area contributed by atoms with Crippen molar-refractivity contribution in [3.8, 4) is 0 Å². The molecule has 0 unspecified atom stereocenters. The van der Waals surface area contributed by atoms with Gasteiger partial charge in [-0.1, -0.05) is 0 Å². The molecule has 0 radical (unpaired) electrons. The summed E-state index contributed by atoms with van der Waals surface area (Å²) in [4.78, 5) is 0. The number of hydrogen-bond donors (Lipinski definition) is 0. The van der Waals surface area contributed by atoms with Crippen LogP contribution in [0.2, 0.25) is 0 Å². The summed E-state index contributed by atoms with van der Waals surface area (Å²) >= 11 is 0. The number of halogens is 6. The summed E-state index contributed by atoms with van der Waals surface area (Å²) in [5, 5.41) is 99.7. The zero-order valence-electron chi connectivity index (χ0n) is 22.6. The van der Waals surface area contributed by atoms with Crippen LogP contribution in [0, 0.1) is 0 Å². The first-order valence-electron chi connectivity index (χ1n) is 4.14. The molecule has 0 aromatic heterocycles. The van der Waals surface area contributed by atoms with Crippen molar-refractivity contribution in [2.75, 3.05) is 0 Å². The minimum atomic E-state index is -3.17. The van der Waals surface area contributed by atoms with Crippen LogP contribution in [0.1, 0.15) is 0 Å². The van der Waals surface area contributed by atoms with Gasteiger partial charge in [-0.25, -0.2) is 0 Å². The SMILES string of the molecule is [K+].[K+].[K+].[K+].[K+].[K+].[K+].[K+].[K+].[K+].[K+].[K+].[O-]B([O-])F.[O-]B([O-])F.[O-]B([O-])F.[O-]B([O-])F.[O-]B([O-])F.[O-]B([O-])F. The maximum absolute atomic E-state index is 9.89. The third kappa shape index (κ3) is 395. The van der Waals surface area contributed by atoms with E-state index in [9.17, 15) is 25.9 Å². The maximum atomic E-state index is 9.89. The van der Waals surface area contributed by atoms with Crippen LogP contribution < -0.4 is 677 Å². The van der Waals surface area contributed by atoms with Gasteiger partial charge in [-0.15, -0.1) is 0 Å². The molecule has 0 heterocycles. The summed E-state index contributed by atoms with van der Waals surface area (Å²) < 4.78 is 59.3. The predicted octanol–water partition coefficient (Wildman–Crippen LogP) is -50.0. The molecule has 144 valence electrons. The predicted molar refractivity (Wildman–Crippen MR) is 41.2 cm³/mol. The molecule has 0 aliphatic carbocycles. The second-order valence-electron chi connectivity index (χ2n) is 1.65. The van der Waals surface area contributed by atoms with Gasteiger partial charge in [0.05, 0.1) is 0 Å². The van der Waals surface area contributed by atoms with Gasteiger partial charge in [-0.2, -0.15) is 0 Å². The van der Waals surface area contributed by atoms with Crippen molar-refractivity contribution >= 4 is 44.4 Å². The molecule has 36 heteroatoms. The van der Waals surface area contributed by atoms with E-state index in [0.717, 1.165) is 0 Å². The minimum Gasteiger partial charge on any atom is -0.867 e. The van der Waals surface area contributed by atoms with E-state index in [0.29, 0.717) is 0 Å². The van der Waals surface area contributed by atoms with Crippen molar-refractivity contribution < 1.29 is 703 Å². The first-order valence-corrected chi connectivity index (χ1v) is 4.14. The van der Waals surface area contributed by atoms with E-state index in [2.05, 4.69) is 0 Å². The molecule has 0 amide bonds. The van der Waals surface area contributed by atoms with Crippen LogP contribution in [0.5, 0.6) is 0 Å². The van der Waals surface area contributed by atoms with Crippen LogP contribution in [0.25, 0.3) is 0 Å². The van der Waals surface area contributed by atoms with Gasteiger partial charge in [0.1, 0.15) is 44.4 Å². The average molecular weight is 840 g/mol. The number of rotatable bonds is 0. The molecule has 0 saturated heterocycles. The largest absolute Gasteiger partial charge is 1.00 e. The Morgan fingerprint density at radius 1 is 0.194 bits per heavy atom. The van der Waals surface area contributed by atoms with Crippen LogP contribution in [0.3, 0.4) is 0 Å². The Morgan fingerprint density at radius 3 is 0.194 bits per heavy atom. The minimum absolute atomic E-state index is 0. The van der Waals surface area contributed by atoms with Crippen molar-refractivity contribution in [2.45, 2.75) is 0 Å². The molecular formula is B6F6K12O12. The molecule has 0 aromatic carbocycles. The van der Waals surface area contributed by atoms with E-state index in [1.807, 2.05) is 0 Å². The van der Waals surface area contributed by atoms with E-state index < -0.39 is 44.4 Å². The molecule has 0 atom stereocenters. The van der Waals surface area contributed by atoms with Crippen LogP contribution >= 0.6 is 0 Å². The fraction of sp³-hybridized carbons (Fsp3) is 0. The molecule has 0 N–H and O–H groups in total. The maximum Gasteiger partial charge on any atom is 1.00 e. The fourth-order valence-electron chi connectivity index (χ4n) is 0. The molecular weight excluding hydrogens is 840 g/mol. The molecule has 0 aromatic rings. The standard InChI is InChI=1S/6BFO2.12K/c6*2-1(3)4;;;;;;;;;;;;/q6*-2;12*+1. The summed E-state index contributed by atoms with van der Waals surface area (Å²) in [6, 6.07) is 0. The van der Waals surface area contributed by atoms with E-state index in [-0.39, 0.29) is 617 Å². The van der Waals surface area contributed by atoms with E-state index in [1.165, 1.54) is 0 Å². The molecule has 36 heavy (non-hydrogen) atoms. The van der Waals surface area contributed by atoms with Gasteiger partial charge >= 0.3 is 617 Å². The Kier molecular flexibility index (Phi) is 361. The van der Waals surface area contributed by atoms with Gasteiger partial charge in [0.2, 0.25) is 0 Å². The first kappa shape index (κ1) is 117. The van der Waals surface area contributed by atoms with Crippen LogP contribution in [-0.2, 0) is 0 Å². The van der Waals surface area contributed by atoms with Crippen molar-refractivity contribution in [1.82, 2.24) is 0 Å². The summed E-state index contributed by atoms with van der Waals surface area (Å²) in [6.45, 7) is 0. The second-order valence-corrected chi connectivity index (χ2v) is 1.65. The molecule has 0 spiro atoms. The Balaban J connectivity index is -0.00000000633. The van der Waals surface area contributed by atoms with Crippen molar-refractivity contribution in [1.29, 1.82) is 0 Å². The van der Waals surface area contributed by atoms with Gasteiger partial charge < -0.3 is 86.2 Å². The van der Waals surface area contributed by atoms with Gasteiger partial charge in [0, 0.05) is 0 Å². The zero-order chi connectivity index (χ0) is 21.5. The van der Waals surface area contributed by atoms with Gasteiger partial charge in [-0.05, 0) is 0 Å². The Labute approximate surface area is 719 Å². The van der Waals surface area contributed by atoms with Gasteiger partial charge in [0.15, 0.2) is 0 Å². The van der Waals surface area contributed by atoms with E-state index in [1.54, 1.807) is 0 Å². The monoisotopic (exact) mass is 840 g/mol. The van der Waals surface area contributed by atoms with Gasteiger partial charge in [0.25, 0.3) is 0 Å².